The highest BCUT2D eigenvalue weighted by Gasteiger charge is 2.30. The molecule has 1 fully saturated rings. The van der Waals surface area contributed by atoms with E-state index in [0.717, 1.165) is 72.1 Å². The van der Waals surface area contributed by atoms with E-state index in [2.05, 4.69) is 35.2 Å². The van der Waals surface area contributed by atoms with Crippen molar-refractivity contribution in [2.75, 3.05) is 45.6 Å². The molecule has 1 saturated heterocycles. The second kappa shape index (κ2) is 14.4. The van der Waals surface area contributed by atoms with Gasteiger partial charge in [0.2, 0.25) is 0 Å². The summed E-state index contributed by atoms with van der Waals surface area (Å²) in [7, 11) is 0. The van der Waals surface area contributed by atoms with Gasteiger partial charge < -0.3 is 19.1 Å². The minimum Gasteiger partial charge on any atom is -0.612 e. The highest BCUT2D eigenvalue weighted by atomic mass is 35.5. The van der Waals surface area contributed by atoms with Crippen LogP contribution in [0.3, 0.4) is 0 Å². The quantitative estimate of drug-likeness (QED) is 0.178. The Morgan fingerprint density at radius 2 is 1.73 bits per heavy atom. The number of hydrogen-bond donors (Lipinski definition) is 0. The van der Waals surface area contributed by atoms with E-state index in [4.69, 9.17) is 27.9 Å². The van der Waals surface area contributed by atoms with E-state index in [0.29, 0.717) is 47.0 Å². The van der Waals surface area contributed by atoms with Crippen molar-refractivity contribution in [3.63, 3.8) is 0 Å². The minimum atomic E-state index is -0.992. The maximum Gasteiger partial charge on any atom is 0.258 e. The monoisotopic (exact) mass is 662 g/mol. The molecule has 0 unspecified atom stereocenters. The van der Waals surface area contributed by atoms with Crippen LogP contribution < -0.4 is 4.74 Å². The SMILES string of the molecule is Cc1cc2ccccc2c2c1OCCCN(C[C@@H](CCN1CCC(c3ccccc3[S@+](C)[O-])CC1)c1ccc(Cl)c(Cl)c1)C2=O. The summed E-state index contributed by atoms with van der Waals surface area (Å²) in [4.78, 5) is 19.9. The molecule has 6 rings (SSSR count). The third kappa shape index (κ3) is 7.16. The summed E-state index contributed by atoms with van der Waals surface area (Å²) in [5.74, 6) is 1.23. The summed E-state index contributed by atoms with van der Waals surface area (Å²) in [6, 6.07) is 24.2. The van der Waals surface area contributed by atoms with Gasteiger partial charge in [-0.2, -0.15) is 0 Å². The van der Waals surface area contributed by atoms with Gasteiger partial charge in [0.15, 0.2) is 4.90 Å². The second-order valence-electron chi connectivity index (χ2n) is 12.3. The van der Waals surface area contributed by atoms with Gasteiger partial charge in [-0.1, -0.05) is 71.7 Å². The summed E-state index contributed by atoms with van der Waals surface area (Å²) in [5.41, 5.74) is 3.97. The molecular weight excluding hydrogens is 623 g/mol. The van der Waals surface area contributed by atoms with Crippen LogP contribution in [0.15, 0.2) is 77.7 Å². The number of benzene rings is 4. The lowest BCUT2D eigenvalue weighted by Crippen LogP contribution is -2.39. The third-order valence-corrected chi connectivity index (χ3v) is 11.1. The van der Waals surface area contributed by atoms with Gasteiger partial charge >= 0.3 is 0 Å². The predicted octanol–water partition coefficient (Wildman–Crippen LogP) is 8.47. The predicted molar refractivity (Wildman–Crippen MR) is 186 cm³/mol. The Morgan fingerprint density at radius 1 is 0.978 bits per heavy atom. The number of fused-ring (bicyclic) bond motifs is 3. The highest BCUT2D eigenvalue weighted by molar-refractivity contribution is 7.90. The van der Waals surface area contributed by atoms with Crippen molar-refractivity contribution in [1.29, 1.82) is 0 Å². The second-order valence-corrected chi connectivity index (χ2v) is 14.5. The smallest absolute Gasteiger partial charge is 0.258 e. The lowest BCUT2D eigenvalue weighted by atomic mass is 9.88. The molecule has 2 aliphatic rings. The van der Waals surface area contributed by atoms with Crippen molar-refractivity contribution in [2.24, 2.45) is 0 Å². The minimum absolute atomic E-state index is 0.0162. The molecule has 2 atom stereocenters. The van der Waals surface area contributed by atoms with Crippen LogP contribution in [0.2, 0.25) is 10.0 Å². The molecule has 4 aromatic rings. The van der Waals surface area contributed by atoms with Crippen molar-refractivity contribution in [3.05, 3.63) is 105 Å². The molecule has 2 aliphatic heterocycles. The molecule has 0 N–H and O–H groups in total. The Bertz CT molecular complexity index is 1670. The molecule has 0 saturated carbocycles. The summed E-state index contributed by atoms with van der Waals surface area (Å²) in [6.45, 7) is 6.70. The van der Waals surface area contributed by atoms with Crippen molar-refractivity contribution < 1.29 is 14.1 Å². The first-order valence-corrected chi connectivity index (χ1v) is 18.2. The van der Waals surface area contributed by atoms with E-state index >= 15 is 0 Å². The van der Waals surface area contributed by atoms with Crippen LogP contribution in [0.1, 0.15) is 64.6 Å². The summed E-state index contributed by atoms with van der Waals surface area (Å²) in [5, 5.41) is 3.04. The van der Waals surface area contributed by atoms with Crippen molar-refractivity contribution in [1.82, 2.24) is 9.80 Å². The lowest BCUT2D eigenvalue weighted by Gasteiger charge is -2.35. The van der Waals surface area contributed by atoms with Crippen molar-refractivity contribution in [2.45, 2.75) is 49.3 Å². The first-order valence-electron chi connectivity index (χ1n) is 15.8. The van der Waals surface area contributed by atoms with E-state index in [-0.39, 0.29) is 11.8 Å². The number of hydrogen-bond acceptors (Lipinski definition) is 4. The fraction of sp³-hybridized carbons (Fsp3) is 0.378. The number of carbonyl (C=O) groups excluding carboxylic acids is 1. The topological polar surface area (TPSA) is 55.8 Å². The molecule has 236 valence electrons. The number of likely N-dealkylation sites (tertiary alicyclic amines) is 1. The zero-order chi connectivity index (χ0) is 31.5. The van der Waals surface area contributed by atoms with E-state index < -0.39 is 11.2 Å². The number of piperidine rings is 1. The molecule has 0 bridgehead atoms. The number of ether oxygens (including phenoxy) is 1. The molecule has 8 heteroatoms. The number of rotatable bonds is 8. The van der Waals surface area contributed by atoms with Gasteiger partial charge in [0.25, 0.3) is 5.91 Å². The fourth-order valence-electron chi connectivity index (χ4n) is 7.01. The first kappa shape index (κ1) is 32.2. The zero-order valence-electron chi connectivity index (χ0n) is 25.9. The number of halogens is 2. The zero-order valence-corrected chi connectivity index (χ0v) is 28.3. The maximum atomic E-state index is 14.4. The van der Waals surface area contributed by atoms with Gasteiger partial charge in [-0.3, -0.25) is 4.79 Å². The molecule has 1 amide bonds. The van der Waals surface area contributed by atoms with Gasteiger partial charge in [0.05, 0.1) is 22.2 Å². The first-order chi connectivity index (χ1) is 21.8. The van der Waals surface area contributed by atoms with Gasteiger partial charge in [0, 0.05) is 24.6 Å². The van der Waals surface area contributed by atoms with Crippen LogP contribution in [0, 0.1) is 6.92 Å². The Labute approximate surface area is 279 Å². The lowest BCUT2D eigenvalue weighted by molar-refractivity contribution is 0.0711. The third-order valence-electron chi connectivity index (χ3n) is 9.41. The van der Waals surface area contributed by atoms with Crippen LogP contribution in [0.5, 0.6) is 5.75 Å². The molecule has 0 aliphatic carbocycles. The van der Waals surface area contributed by atoms with Crippen LogP contribution in [0.4, 0.5) is 0 Å². The fourth-order valence-corrected chi connectivity index (χ4v) is 8.16. The van der Waals surface area contributed by atoms with Gasteiger partial charge in [0.1, 0.15) is 12.0 Å². The van der Waals surface area contributed by atoms with E-state index in [1.165, 1.54) is 5.56 Å². The Balaban J connectivity index is 1.22. The molecule has 0 spiro atoms. The summed E-state index contributed by atoms with van der Waals surface area (Å²) >= 11 is 11.9. The van der Waals surface area contributed by atoms with Crippen molar-refractivity contribution in [3.8, 4) is 5.75 Å². The van der Waals surface area contributed by atoms with Crippen LogP contribution in [0.25, 0.3) is 10.8 Å². The average molecular weight is 664 g/mol. The maximum absolute atomic E-state index is 14.4. The normalized spacial score (nSPS) is 17.8. The highest BCUT2D eigenvalue weighted by Crippen LogP contribution is 2.37. The van der Waals surface area contributed by atoms with Gasteiger partial charge in [-0.15, -0.1) is 0 Å². The molecule has 5 nitrogen and oxygen atoms in total. The summed E-state index contributed by atoms with van der Waals surface area (Å²) < 4.78 is 18.5. The average Bonchev–Trinajstić information content (AvgIpc) is 3.04. The van der Waals surface area contributed by atoms with Crippen LogP contribution >= 0.6 is 23.2 Å². The van der Waals surface area contributed by atoms with E-state index in [1.807, 2.05) is 54.3 Å². The largest absolute Gasteiger partial charge is 0.612 e. The number of carbonyl (C=O) groups is 1. The Hall–Kier alpha value is -2.74. The molecule has 2 heterocycles. The van der Waals surface area contributed by atoms with Gasteiger partial charge in [-0.05, 0) is 115 Å². The molecule has 45 heavy (non-hydrogen) atoms. The summed E-state index contributed by atoms with van der Waals surface area (Å²) in [6.07, 6.45) is 5.51. The van der Waals surface area contributed by atoms with Gasteiger partial charge in [-0.25, -0.2) is 0 Å². The molecular formula is C37H40Cl2N2O3S. The molecule has 4 aromatic carbocycles. The number of nitrogens with zero attached hydrogens (tertiary/aromatic N) is 2. The van der Waals surface area contributed by atoms with Crippen molar-refractivity contribution >= 4 is 51.1 Å². The Kier molecular flexibility index (Phi) is 10.3. The Morgan fingerprint density at radius 3 is 2.51 bits per heavy atom. The van der Waals surface area contributed by atoms with Crippen LogP contribution in [-0.2, 0) is 11.2 Å². The standard InChI is InChI=1S/C37H40Cl2N2O3S/c1-25-22-28-8-3-4-10-31(28)35-36(25)44-21-7-17-41(37(35)42)24-29(27-12-13-32(38)33(39)23-27)16-20-40-18-14-26(15-19-40)30-9-5-6-11-34(30)45(2)43/h3-6,8-13,22-23,26,29H,7,14-21,24H2,1-2H3/t29-,45+/m1/s1. The van der Waals surface area contributed by atoms with E-state index in [9.17, 15) is 9.35 Å². The molecule has 0 radical (unpaired) electrons. The van der Waals surface area contributed by atoms with Crippen LogP contribution in [-0.4, -0.2) is 65.8 Å². The van der Waals surface area contributed by atoms with E-state index in [1.54, 1.807) is 6.26 Å². The number of amides is 1. The number of aryl methyl sites for hydroxylation is 1. The molecule has 0 aromatic heterocycles.